The predicted octanol–water partition coefficient (Wildman–Crippen LogP) is 3.04. The molecule has 3 aromatic rings. The number of benzene rings is 1. The molecular weight excluding hydrogens is 276 g/mol. The van der Waals surface area contributed by atoms with Crippen molar-refractivity contribution in [2.45, 2.75) is 12.8 Å². The second-order valence-electron chi connectivity index (χ2n) is 5.51. The first-order valence-electron chi connectivity index (χ1n) is 7.28. The fourth-order valence-electron chi connectivity index (χ4n) is 2.39. The molecule has 0 unspecified atom stereocenters. The van der Waals surface area contributed by atoms with Gasteiger partial charge in [-0.05, 0) is 42.7 Å². The van der Waals surface area contributed by atoms with Gasteiger partial charge in [0.15, 0.2) is 5.82 Å². The van der Waals surface area contributed by atoms with Crippen LogP contribution in [0.1, 0.15) is 12.8 Å². The van der Waals surface area contributed by atoms with Crippen molar-refractivity contribution in [2.24, 2.45) is 5.92 Å². The van der Waals surface area contributed by atoms with Crippen LogP contribution in [-0.4, -0.2) is 21.1 Å². The number of amides is 1. The number of carbonyl (C=O) groups excluding carboxylic acids is 1. The third kappa shape index (κ3) is 2.53. The van der Waals surface area contributed by atoms with Gasteiger partial charge in [0.25, 0.3) is 0 Å². The summed E-state index contributed by atoms with van der Waals surface area (Å²) in [4.78, 5) is 16.0. The third-order valence-corrected chi connectivity index (χ3v) is 3.78. The normalized spacial score (nSPS) is 14.0. The van der Waals surface area contributed by atoms with Gasteiger partial charge in [-0.3, -0.25) is 9.78 Å². The minimum Gasteiger partial charge on any atom is -0.309 e. The Morgan fingerprint density at radius 1 is 1.09 bits per heavy atom. The lowest BCUT2D eigenvalue weighted by Gasteiger charge is -2.06. The van der Waals surface area contributed by atoms with Crippen molar-refractivity contribution in [3.63, 3.8) is 0 Å². The first-order chi connectivity index (χ1) is 10.8. The maximum atomic E-state index is 11.8. The van der Waals surface area contributed by atoms with Gasteiger partial charge < -0.3 is 5.32 Å². The lowest BCUT2D eigenvalue weighted by molar-refractivity contribution is -0.117. The minimum absolute atomic E-state index is 0.0389. The SMILES string of the molecule is O=C(Nc1cc2cc(-c3cccnc3)ccc2nn1)C1CC1. The molecule has 0 aliphatic heterocycles. The molecule has 1 aliphatic carbocycles. The van der Waals surface area contributed by atoms with Gasteiger partial charge in [-0.1, -0.05) is 12.1 Å². The van der Waals surface area contributed by atoms with E-state index < -0.39 is 0 Å². The van der Waals surface area contributed by atoms with Crippen molar-refractivity contribution in [3.05, 3.63) is 48.8 Å². The average molecular weight is 290 g/mol. The summed E-state index contributed by atoms with van der Waals surface area (Å²) in [6.45, 7) is 0. The molecule has 5 nitrogen and oxygen atoms in total. The van der Waals surface area contributed by atoms with E-state index in [0.717, 1.165) is 34.9 Å². The van der Waals surface area contributed by atoms with Crippen molar-refractivity contribution in [2.75, 3.05) is 5.32 Å². The third-order valence-electron chi connectivity index (χ3n) is 3.78. The minimum atomic E-state index is 0.0389. The molecule has 1 aliphatic rings. The van der Waals surface area contributed by atoms with E-state index in [-0.39, 0.29) is 11.8 Å². The van der Waals surface area contributed by atoms with E-state index in [4.69, 9.17) is 0 Å². The number of anilines is 1. The Morgan fingerprint density at radius 2 is 2.00 bits per heavy atom. The highest BCUT2D eigenvalue weighted by Crippen LogP contribution is 2.30. The smallest absolute Gasteiger partial charge is 0.228 e. The summed E-state index contributed by atoms with van der Waals surface area (Å²) in [6.07, 6.45) is 5.52. The number of aromatic nitrogens is 3. The number of rotatable bonds is 3. The number of nitrogens with one attached hydrogen (secondary N) is 1. The van der Waals surface area contributed by atoms with Crippen molar-refractivity contribution in [1.29, 1.82) is 0 Å². The fraction of sp³-hybridized carbons (Fsp3) is 0.176. The Labute approximate surface area is 127 Å². The van der Waals surface area contributed by atoms with E-state index in [1.54, 1.807) is 6.20 Å². The first-order valence-corrected chi connectivity index (χ1v) is 7.28. The first kappa shape index (κ1) is 12.9. The van der Waals surface area contributed by atoms with Gasteiger partial charge in [0.05, 0.1) is 5.52 Å². The summed E-state index contributed by atoms with van der Waals surface area (Å²) in [5.74, 6) is 0.698. The second-order valence-corrected chi connectivity index (χ2v) is 5.51. The number of hydrogen-bond acceptors (Lipinski definition) is 4. The van der Waals surface area contributed by atoms with Gasteiger partial charge in [-0.2, -0.15) is 0 Å². The average Bonchev–Trinajstić information content (AvgIpc) is 3.40. The van der Waals surface area contributed by atoms with E-state index in [9.17, 15) is 4.79 Å². The van der Waals surface area contributed by atoms with Gasteiger partial charge in [-0.25, -0.2) is 0 Å². The zero-order valence-corrected chi connectivity index (χ0v) is 11.9. The molecule has 0 atom stereocenters. The Hall–Kier alpha value is -2.82. The van der Waals surface area contributed by atoms with E-state index >= 15 is 0 Å². The summed E-state index contributed by atoms with van der Waals surface area (Å²) in [6, 6.07) is 11.7. The van der Waals surface area contributed by atoms with Crippen LogP contribution in [0.4, 0.5) is 5.82 Å². The van der Waals surface area contributed by atoms with Crippen molar-refractivity contribution in [1.82, 2.24) is 15.2 Å². The topological polar surface area (TPSA) is 67.8 Å². The quantitative estimate of drug-likeness (QED) is 0.805. The zero-order valence-electron chi connectivity index (χ0n) is 11.9. The number of carbonyl (C=O) groups is 1. The molecular formula is C17H14N4O. The van der Waals surface area contributed by atoms with E-state index in [1.165, 1.54) is 0 Å². The molecule has 4 rings (SSSR count). The molecule has 0 radical (unpaired) electrons. The van der Waals surface area contributed by atoms with Crippen LogP contribution >= 0.6 is 0 Å². The Morgan fingerprint density at radius 3 is 2.77 bits per heavy atom. The van der Waals surface area contributed by atoms with Crippen LogP contribution in [0, 0.1) is 5.92 Å². The highest BCUT2D eigenvalue weighted by molar-refractivity contribution is 5.95. The highest BCUT2D eigenvalue weighted by Gasteiger charge is 2.29. The molecule has 0 bridgehead atoms. The van der Waals surface area contributed by atoms with Crippen LogP contribution in [0.5, 0.6) is 0 Å². The number of pyridine rings is 1. The van der Waals surface area contributed by atoms with Gasteiger partial charge in [-0.15, -0.1) is 10.2 Å². The van der Waals surface area contributed by atoms with Crippen LogP contribution < -0.4 is 5.32 Å². The molecule has 1 saturated carbocycles. The maximum Gasteiger partial charge on any atom is 0.228 e. The van der Waals surface area contributed by atoms with Crippen LogP contribution in [0.15, 0.2) is 48.8 Å². The predicted molar refractivity (Wildman–Crippen MR) is 84.1 cm³/mol. The molecule has 5 heteroatoms. The van der Waals surface area contributed by atoms with E-state index in [1.807, 2.05) is 42.6 Å². The molecule has 2 heterocycles. The fourth-order valence-corrected chi connectivity index (χ4v) is 2.39. The van der Waals surface area contributed by atoms with Crippen LogP contribution in [-0.2, 0) is 4.79 Å². The van der Waals surface area contributed by atoms with Crippen molar-refractivity contribution < 1.29 is 4.79 Å². The van der Waals surface area contributed by atoms with Gasteiger partial charge in [0, 0.05) is 29.3 Å². The maximum absolute atomic E-state index is 11.8. The Balaban J connectivity index is 1.69. The summed E-state index contributed by atoms with van der Waals surface area (Å²) in [7, 11) is 0. The number of nitrogens with zero attached hydrogens (tertiary/aromatic N) is 3. The Kier molecular flexibility index (Phi) is 3.04. The molecule has 1 N–H and O–H groups in total. The van der Waals surface area contributed by atoms with Crippen LogP contribution in [0.3, 0.4) is 0 Å². The van der Waals surface area contributed by atoms with Gasteiger partial charge in [0.2, 0.25) is 5.91 Å². The highest BCUT2D eigenvalue weighted by atomic mass is 16.2. The largest absolute Gasteiger partial charge is 0.309 e. The molecule has 1 fully saturated rings. The summed E-state index contributed by atoms with van der Waals surface area (Å²) < 4.78 is 0. The molecule has 1 amide bonds. The second kappa shape index (κ2) is 5.18. The Bertz CT molecular complexity index is 844. The molecule has 2 aromatic heterocycles. The lowest BCUT2D eigenvalue weighted by atomic mass is 10.1. The number of hydrogen-bond donors (Lipinski definition) is 1. The van der Waals surface area contributed by atoms with Crippen LogP contribution in [0.2, 0.25) is 0 Å². The van der Waals surface area contributed by atoms with Gasteiger partial charge >= 0.3 is 0 Å². The summed E-state index contributed by atoms with van der Waals surface area (Å²) in [5, 5.41) is 12.0. The summed E-state index contributed by atoms with van der Waals surface area (Å²) in [5.41, 5.74) is 2.91. The van der Waals surface area contributed by atoms with Crippen molar-refractivity contribution in [3.8, 4) is 11.1 Å². The summed E-state index contributed by atoms with van der Waals surface area (Å²) >= 11 is 0. The monoisotopic (exact) mass is 290 g/mol. The van der Waals surface area contributed by atoms with E-state index in [2.05, 4.69) is 20.5 Å². The van der Waals surface area contributed by atoms with Gasteiger partial charge in [0.1, 0.15) is 0 Å². The van der Waals surface area contributed by atoms with Crippen molar-refractivity contribution >= 4 is 22.6 Å². The molecule has 22 heavy (non-hydrogen) atoms. The molecule has 0 saturated heterocycles. The lowest BCUT2D eigenvalue weighted by Crippen LogP contribution is -2.14. The molecule has 108 valence electrons. The van der Waals surface area contributed by atoms with Crippen LogP contribution in [0.25, 0.3) is 22.0 Å². The standard InChI is InChI=1S/C17H14N4O/c22-17(11-3-4-11)19-16-9-14-8-12(5-6-15(14)20-21-16)13-2-1-7-18-10-13/h1-2,5-11H,3-4H2,(H,19,21,22). The molecule has 0 spiro atoms. The zero-order chi connectivity index (χ0) is 14.9. The number of fused-ring (bicyclic) bond motifs is 1. The molecule has 1 aromatic carbocycles. The van der Waals surface area contributed by atoms with E-state index in [0.29, 0.717) is 5.82 Å².